The standard InChI is InChI=1S/C7H9F3O2/c1-3-4-12-6(11)5(2)7(8,9)10/h3,5H,1,4H2,2H3. The maximum atomic E-state index is 11.8. The molecule has 0 fully saturated rings. The van der Waals surface area contributed by atoms with Crippen LogP contribution in [0.25, 0.3) is 0 Å². The second-order valence-corrected chi connectivity index (χ2v) is 2.18. The fourth-order valence-corrected chi connectivity index (χ4v) is 0.400. The van der Waals surface area contributed by atoms with Gasteiger partial charge in [0.2, 0.25) is 0 Å². The zero-order valence-corrected chi connectivity index (χ0v) is 6.52. The third-order valence-corrected chi connectivity index (χ3v) is 1.19. The second kappa shape index (κ2) is 4.13. The first-order chi connectivity index (χ1) is 5.39. The summed E-state index contributed by atoms with van der Waals surface area (Å²) in [5, 5.41) is 0. The van der Waals surface area contributed by atoms with E-state index in [2.05, 4.69) is 11.3 Å². The summed E-state index contributed by atoms with van der Waals surface area (Å²) < 4.78 is 39.6. The average molecular weight is 182 g/mol. The van der Waals surface area contributed by atoms with Crippen molar-refractivity contribution in [3.05, 3.63) is 12.7 Å². The zero-order valence-electron chi connectivity index (χ0n) is 6.52. The van der Waals surface area contributed by atoms with Crippen molar-refractivity contribution < 1.29 is 22.7 Å². The van der Waals surface area contributed by atoms with Gasteiger partial charge in [0, 0.05) is 0 Å². The van der Waals surface area contributed by atoms with Gasteiger partial charge in [0.25, 0.3) is 0 Å². The predicted molar refractivity (Wildman–Crippen MR) is 36.4 cm³/mol. The van der Waals surface area contributed by atoms with Crippen LogP contribution in [0.1, 0.15) is 6.92 Å². The molecule has 0 amide bonds. The molecule has 1 unspecified atom stereocenters. The summed E-state index contributed by atoms with van der Waals surface area (Å²) in [4.78, 5) is 10.6. The molecule has 0 aliphatic heterocycles. The third-order valence-electron chi connectivity index (χ3n) is 1.19. The molecule has 0 saturated heterocycles. The molecule has 0 radical (unpaired) electrons. The van der Waals surface area contributed by atoms with Crippen LogP contribution in [-0.4, -0.2) is 18.8 Å². The Morgan fingerprint density at radius 1 is 1.67 bits per heavy atom. The van der Waals surface area contributed by atoms with Crippen molar-refractivity contribution in [2.45, 2.75) is 13.1 Å². The van der Waals surface area contributed by atoms with Crippen molar-refractivity contribution >= 4 is 5.97 Å². The van der Waals surface area contributed by atoms with Crippen molar-refractivity contribution in [3.8, 4) is 0 Å². The van der Waals surface area contributed by atoms with E-state index in [1.54, 1.807) is 0 Å². The highest BCUT2D eigenvalue weighted by molar-refractivity contribution is 5.72. The van der Waals surface area contributed by atoms with Crippen LogP contribution in [0.3, 0.4) is 0 Å². The van der Waals surface area contributed by atoms with Crippen LogP contribution >= 0.6 is 0 Å². The largest absolute Gasteiger partial charge is 0.461 e. The summed E-state index contributed by atoms with van der Waals surface area (Å²) in [6.45, 7) is 3.76. The van der Waals surface area contributed by atoms with E-state index in [1.807, 2.05) is 0 Å². The number of rotatable bonds is 3. The summed E-state index contributed by atoms with van der Waals surface area (Å²) in [6, 6.07) is 0. The Kier molecular flexibility index (Phi) is 3.79. The topological polar surface area (TPSA) is 26.3 Å². The fraction of sp³-hybridized carbons (Fsp3) is 0.571. The Morgan fingerprint density at radius 3 is 2.50 bits per heavy atom. The fourth-order valence-electron chi connectivity index (χ4n) is 0.400. The van der Waals surface area contributed by atoms with E-state index in [4.69, 9.17) is 0 Å². The zero-order chi connectivity index (χ0) is 9.78. The average Bonchev–Trinajstić information content (AvgIpc) is 1.97. The molecule has 0 aromatic heterocycles. The Morgan fingerprint density at radius 2 is 2.17 bits per heavy atom. The summed E-state index contributed by atoms with van der Waals surface area (Å²) in [6.07, 6.45) is -3.32. The van der Waals surface area contributed by atoms with Crippen molar-refractivity contribution in [2.24, 2.45) is 5.92 Å². The maximum absolute atomic E-state index is 11.8. The normalized spacial score (nSPS) is 13.7. The molecule has 0 aromatic rings. The lowest BCUT2D eigenvalue weighted by molar-refractivity contribution is -0.193. The molecule has 0 aromatic carbocycles. The Balaban J connectivity index is 4.02. The molecule has 0 saturated carbocycles. The van der Waals surface area contributed by atoms with Crippen LogP contribution in [0.5, 0.6) is 0 Å². The number of hydrogen-bond donors (Lipinski definition) is 0. The van der Waals surface area contributed by atoms with Crippen LogP contribution in [0, 0.1) is 5.92 Å². The molecule has 0 heterocycles. The second-order valence-electron chi connectivity index (χ2n) is 2.18. The van der Waals surface area contributed by atoms with Gasteiger partial charge in [-0.2, -0.15) is 13.2 Å². The van der Waals surface area contributed by atoms with Crippen molar-refractivity contribution in [3.63, 3.8) is 0 Å². The van der Waals surface area contributed by atoms with Gasteiger partial charge in [0.05, 0.1) is 0 Å². The molecule has 12 heavy (non-hydrogen) atoms. The summed E-state index contributed by atoms with van der Waals surface area (Å²) in [5.74, 6) is -3.35. The van der Waals surface area contributed by atoms with Gasteiger partial charge in [0.15, 0.2) is 0 Å². The van der Waals surface area contributed by atoms with Gasteiger partial charge < -0.3 is 4.74 Å². The first kappa shape index (κ1) is 11.0. The maximum Gasteiger partial charge on any atom is 0.401 e. The summed E-state index contributed by atoms with van der Waals surface area (Å²) in [7, 11) is 0. The lowest BCUT2D eigenvalue weighted by Crippen LogP contribution is -2.29. The molecule has 2 nitrogen and oxygen atoms in total. The quantitative estimate of drug-likeness (QED) is 0.492. The van der Waals surface area contributed by atoms with E-state index >= 15 is 0 Å². The molecular formula is C7H9F3O2. The highest BCUT2D eigenvalue weighted by Crippen LogP contribution is 2.26. The number of carbonyl (C=O) groups is 1. The van der Waals surface area contributed by atoms with Gasteiger partial charge in [-0.1, -0.05) is 12.7 Å². The number of esters is 1. The van der Waals surface area contributed by atoms with Crippen LogP contribution in [0.15, 0.2) is 12.7 Å². The lowest BCUT2D eigenvalue weighted by Gasteiger charge is -2.13. The van der Waals surface area contributed by atoms with E-state index in [9.17, 15) is 18.0 Å². The SMILES string of the molecule is C=CCOC(=O)C(C)C(F)(F)F. The Labute approximate surface area is 68.0 Å². The van der Waals surface area contributed by atoms with Crippen LogP contribution < -0.4 is 0 Å². The van der Waals surface area contributed by atoms with Crippen molar-refractivity contribution in [1.82, 2.24) is 0 Å². The summed E-state index contributed by atoms with van der Waals surface area (Å²) in [5.41, 5.74) is 0. The van der Waals surface area contributed by atoms with Crippen molar-refractivity contribution in [2.75, 3.05) is 6.61 Å². The predicted octanol–water partition coefficient (Wildman–Crippen LogP) is 1.91. The van der Waals surface area contributed by atoms with Gasteiger partial charge in [-0.05, 0) is 6.92 Å². The molecule has 0 aliphatic carbocycles. The number of alkyl halides is 3. The van der Waals surface area contributed by atoms with E-state index in [0.717, 1.165) is 6.92 Å². The Bertz CT molecular complexity index is 174. The van der Waals surface area contributed by atoms with E-state index < -0.39 is 18.1 Å². The molecule has 70 valence electrons. The van der Waals surface area contributed by atoms with E-state index in [0.29, 0.717) is 0 Å². The number of halogens is 3. The molecule has 0 spiro atoms. The molecule has 1 atom stereocenters. The first-order valence-corrected chi connectivity index (χ1v) is 3.24. The summed E-state index contributed by atoms with van der Waals surface area (Å²) >= 11 is 0. The minimum absolute atomic E-state index is 0.195. The molecule has 5 heteroatoms. The molecule has 0 rings (SSSR count). The molecule has 0 aliphatic rings. The highest BCUT2D eigenvalue weighted by atomic mass is 19.4. The van der Waals surface area contributed by atoms with E-state index in [1.165, 1.54) is 6.08 Å². The number of carbonyl (C=O) groups excluding carboxylic acids is 1. The van der Waals surface area contributed by atoms with Gasteiger partial charge in [-0.3, -0.25) is 4.79 Å². The number of hydrogen-bond acceptors (Lipinski definition) is 2. The highest BCUT2D eigenvalue weighted by Gasteiger charge is 2.42. The van der Waals surface area contributed by atoms with Gasteiger partial charge in [-0.15, -0.1) is 0 Å². The smallest absolute Gasteiger partial charge is 0.401 e. The van der Waals surface area contributed by atoms with Gasteiger partial charge in [-0.25, -0.2) is 0 Å². The minimum Gasteiger partial charge on any atom is -0.461 e. The molecule has 0 bridgehead atoms. The lowest BCUT2D eigenvalue weighted by atomic mass is 10.2. The molecule has 0 N–H and O–H groups in total. The third kappa shape index (κ3) is 3.41. The first-order valence-electron chi connectivity index (χ1n) is 3.24. The monoisotopic (exact) mass is 182 g/mol. The van der Waals surface area contributed by atoms with Gasteiger partial charge >= 0.3 is 12.1 Å². The van der Waals surface area contributed by atoms with Gasteiger partial charge in [0.1, 0.15) is 12.5 Å². The van der Waals surface area contributed by atoms with Crippen LogP contribution in [0.4, 0.5) is 13.2 Å². The Hall–Kier alpha value is -1.00. The van der Waals surface area contributed by atoms with Crippen LogP contribution in [0.2, 0.25) is 0 Å². The van der Waals surface area contributed by atoms with Crippen LogP contribution in [-0.2, 0) is 9.53 Å². The minimum atomic E-state index is -4.53. The molecular weight excluding hydrogens is 173 g/mol. The van der Waals surface area contributed by atoms with E-state index in [-0.39, 0.29) is 6.61 Å². The number of ether oxygens (including phenoxy) is 1. The van der Waals surface area contributed by atoms with Crippen molar-refractivity contribution in [1.29, 1.82) is 0 Å².